The minimum atomic E-state index is 0.937. The van der Waals surface area contributed by atoms with Crippen LogP contribution < -0.4 is 0 Å². The van der Waals surface area contributed by atoms with Crippen molar-refractivity contribution in [1.82, 2.24) is 4.57 Å². The van der Waals surface area contributed by atoms with Crippen molar-refractivity contribution in [3.63, 3.8) is 0 Å². The zero-order valence-corrected chi connectivity index (χ0v) is 25.2. The Morgan fingerprint density at radius 2 is 0.913 bits per heavy atom. The molecule has 1 heteroatoms. The highest BCUT2D eigenvalue weighted by molar-refractivity contribution is 6.19. The molecule has 1 aliphatic carbocycles. The second-order valence-corrected chi connectivity index (χ2v) is 12.5. The second kappa shape index (κ2) is 9.79. The first-order chi connectivity index (χ1) is 22.8. The fourth-order valence-corrected chi connectivity index (χ4v) is 7.95. The molecule has 214 valence electrons. The third-order valence-corrected chi connectivity index (χ3v) is 9.96. The van der Waals surface area contributed by atoms with E-state index in [1.165, 1.54) is 93.5 Å². The molecule has 0 saturated heterocycles. The van der Waals surface area contributed by atoms with Crippen LogP contribution in [0.2, 0.25) is 0 Å². The average molecular weight is 584 g/mol. The Balaban J connectivity index is 1.28. The van der Waals surface area contributed by atoms with Crippen molar-refractivity contribution in [2.75, 3.05) is 0 Å². The largest absolute Gasteiger partial charge is 0.309 e. The molecule has 0 unspecified atom stereocenters. The van der Waals surface area contributed by atoms with Crippen molar-refractivity contribution in [2.24, 2.45) is 0 Å². The molecule has 0 radical (unpaired) electrons. The first kappa shape index (κ1) is 25.4. The standard InChI is InChI=1S/C45H29N/c1-3-13-29(14-4-1)31-23-32(30-15-5-2-6-16-30)25-34(24-31)46-43-22-12-11-20-38(43)41-28-40-33(27-44(41)46)26-42-37-19-8-7-17-35(37)36-18-9-10-21-39(36)45(40)42/h1-25,27-28H,26H2. The predicted molar refractivity (Wildman–Crippen MR) is 195 cm³/mol. The maximum Gasteiger partial charge on any atom is 0.0544 e. The molecule has 9 aromatic rings. The Morgan fingerprint density at radius 3 is 1.59 bits per heavy atom. The zero-order valence-electron chi connectivity index (χ0n) is 25.2. The summed E-state index contributed by atoms with van der Waals surface area (Å²) in [5, 5.41) is 7.97. The van der Waals surface area contributed by atoms with Gasteiger partial charge in [0.2, 0.25) is 0 Å². The molecular weight excluding hydrogens is 555 g/mol. The summed E-state index contributed by atoms with van der Waals surface area (Å²) in [5.41, 5.74) is 14.2. The van der Waals surface area contributed by atoms with Crippen LogP contribution in [0, 0.1) is 0 Å². The van der Waals surface area contributed by atoms with Crippen LogP contribution in [0.4, 0.5) is 0 Å². The molecule has 8 aromatic carbocycles. The van der Waals surface area contributed by atoms with Gasteiger partial charge in [-0.1, -0.05) is 127 Å². The first-order valence-corrected chi connectivity index (χ1v) is 16.1. The molecule has 0 atom stereocenters. The number of fused-ring (bicyclic) bond motifs is 11. The van der Waals surface area contributed by atoms with E-state index < -0.39 is 0 Å². The summed E-state index contributed by atoms with van der Waals surface area (Å²) in [7, 11) is 0. The van der Waals surface area contributed by atoms with Crippen molar-refractivity contribution < 1.29 is 0 Å². The quantitative estimate of drug-likeness (QED) is 0.182. The van der Waals surface area contributed by atoms with Crippen molar-refractivity contribution in [2.45, 2.75) is 6.42 Å². The summed E-state index contributed by atoms with van der Waals surface area (Å²) in [6, 6.07) is 60.3. The van der Waals surface area contributed by atoms with E-state index in [4.69, 9.17) is 0 Å². The average Bonchev–Trinajstić information content (AvgIpc) is 3.67. The van der Waals surface area contributed by atoms with Gasteiger partial charge in [-0.05, 0) is 109 Å². The van der Waals surface area contributed by atoms with Crippen LogP contribution in [0.25, 0.3) is 82.4 Å². The number of hydrogen-bond donors (Lipinski definition) is 0. The van der Waals surface area contributed by atoms with E-state index in [0.717, 1.165) is 6.42 Å². The maximum atomic E-state index is 2.49. The summed E-state index contributed by atoms with van der Waals surface area (Å²) < 4.78 is 2.49. The molecule has 0 N–H and O–H groups in total. The van der Waals surface area contributed by atoms with Gasteiger partial charge in [-0.25, -0.2) is 0 Å². The Hall–Kier alpha value is -5.92. The van der Waals surface area contributed by atoms with E-state index in [1.54, 1.807) is 0 Å². The molecule has 10 rings (SSSR count). The number of para-hydroxylation sites is 1. The summed E-state index contributed by atoms with van der Waals surface area (Å²) >= 11 is 0. The van der Waals surface area contributed by atoms with Crippen molar-refractivity contribution >= 4 is 43.4 Å². The highest BCUT2D eigenvalue weighted by Gasteiger charge is 2.26. The third kappa shape index (κ3) is 3.69. The number of hydrogen-bond acceptors (Lipinski definition) is 0. The summed E-state index contributed by atoms with van der Waals surface area (Å²) in [6.07, 6.45) is 0.937. The molecule has 0 spiro atoms. The van der Waals surface area contributed by atoms with Crippen LogP contribution in [0.3, 0.4) is 0 Å². The highest BCUT2D eigenvalue weighted by Crippen LogP contribution is 2.48. The van der Waals surface area contributed by atoms with Crippen LogP contribution in [0.1, 0.15) is 11.1 Å². The van der Waals surface area contributed by atoms with E-state index >= 15 is 0 Å². The van der Waals surface area contributed by atoms with Crippen molar-refractivity contribution in [3.05, 3.63) is 175 Å². The first-order valence-electron chi connectivity index (χ1n) is 16.1. The molecule has 0 aliphatic heterocycles. The molecule has 1 aromatic heterocycles. The van der Waals surface area contributed by atoms with Gasteiger partial charge in [0.15, 0.2) is 0 Å². The van der Waals surface area contributed by atoms with Gasteiger partial charge >= 0.3 is 0 Å². The third-order valence-electron chi connectivity index (χ3n) is 9.96. The lowest BCUT2D eigenvalue weighted by atomic mass is 9.91. The van der Waals surface area contributed by atoms with E-state index in [9.17, 15) is 0 Å². The lowest BCUT2D eigenvalue weighted by molar-refractivity contribution is 1.17. The topological polar surface area (TPSA) is 4.93 Å². The number of nitrogens with zero attached hydrogens (tertiary/aromatic N) is 1. The fraction of sp³-hybridized carbons (Fsp3) is 0.0222. The molecule has 0 amide bonds. The van der Waals surface area contributed by atoms with E-state index in [2.05, 4.69) is 168 Å². The van der Waals surface area contributed by atoms with Crippen LogP contribution in [0.15, 0.2) is 164 Å². The SMILES string of the molecule is c1ccc(-c2cc(-c3ccccc3)cc(-n3c4ccccc4c4cc5c(cc43)Cc3c-5c4ccccc4c4ccccc34)c2)cc1. The van der Waals surface area contributed by atoms with Gasteiger partial charge in [0, 0.05) is 16.5 Å². The van der Waals surface area contributed by atoms with Crippen LogP contribution >= 0.6 is 0 Å². The number of benzene rings is 8. The van der Waals surface area contributed by atoms with Gasteiger partial charge in [0.25, 0.3) is 0 Å². The zero-order chi connectivity index (χ0) is 30.2. The summed E-state index contributed by atoms with van der Waals surface area (Å²) in [4.78, 5) is 0. The molecule has 0 bridgehead atoms. The Labute approximate surface area is 267 Å². The summed E-state index contributed by atoms with van der Waals surface area (Å²) in [5.74, 6) is 0. The fourth-order valence-electron chi connectivity index (χ4n) is 7.95. The van der Waals surface area contributed by atoms with Gasteiger partial charge in [-0.2, -0.15) is 0 Å². The number of rotatable bonds is 3. The molecule has 46 heavy (non-hydrogen) atoms. The lowest BCUT2D eigenvalue weighted by Crippen LogP contribution is -1.96. The van der Waals surface area contributed by atoms with E-state index in [0.29, 0.717) is 0 Å². The van der Waals surface area contributed by atoms with Gasteiger partial charge < -0.3 is 4.57 Å². The lowest BCUT2D eigenvalue weighted by Gasteiger charge is -2.14. The smallest absolute Gasteiger partial charge is 0.0544 e. The van der Waals surface area contributed by atoms with Gasteiger partial charge in [-0.15, -0.1) is 0 Å². The van der Waals surface area contributed by atoms with E-state index in [1.807, 2.05) is 0 Å². The van der Waals surface area contributed by atoms with Gasteiger partial charge in [-0.3, -0.25) is 0 Å². The molecule has 1 nitrogen and oxygen atoms in total. The predicted octanol–water partition coefficient (Wildman–Crippen LogP) is 12.0. The van der Waals surface area contributed by atoms with Crippen LogP contribution in [-0.4, -0.2) is 4.57 Å². The molecule has 1 heterocycles. The minimum Gasteiger partial charge on any atom is -0.309 e. The highest BCUT2D eigenvalue weighted by atomic mass is 15.0. The Bertz CT molecular complexity index is 2580. The van der Waals surface area contributed by atoms with Crippen molar-refractivity contribution in [3.8, 4) is 39.1 Å². The molecule has 0 fully saturated rings. The molecular formula is C45H29N. The number of aromatic nitrogens is 1. The van der Waals surface area contributed by atoms with Crippen molar-refractivity contribution in [1.29, 1.82) is 0 Å². The Morgan fingerprint density at radius 1 is 0.370 bits per heavy atom. The molecule has 0 saturated carbocycles. The molecule has 1 aliphatic rings. The van der Waals surface area contributed by atoms with Crippen LogP contribution in [-0.2, 0) is 6.42 Å². The maximum absolute atomic E-state index is 2.49. The van der Waals surface area contributed by atoms with E-state index in [-0.39, 0.29) is 0 Å². The minimum absolute atomic E-state index is 0.937. The second-order valence-electron chi connectivity index (χ2n) is 12.5. The Kier molecular flexibility index (Phi) is 5.41. The van der Waals surface area contributed by atoms with Gasteiger partial charge in [0.05, 0.1) is 11.0 Å². The van der Waals surface area contributed by atoms with Crippen LogP contribution in [0.5, 0.6) is 0 Å². The normalized spacial score (nSPS) is 12.3. The van der Waals surface area contributed by atoms with Gasteiger partial charge in [0.1, 0.15) is 0 Å². The summed E-state index contributed by atoms with van der Waals surface area (Å²) in [6.45, 7) is 0. The monoisotopic (exact) mass is 583 g/mol.